The largest absolute Gasteiger partial charge is 0.368 e. The molecule has 7 heteroatoms. The molecule has 27 heavy (non-hydrogen) atoms. The summed E-state index contributed by atoms with van der Waals surface area (Å²) >= 11 is 0. The van der Waals surface area contributed by atoms with Crippen molar-refractivity contribution in [2.24, 2.45) is 5.73 Å². The van der Waals surface area contributed by atoms with E-state index in [1.54, 1.807) is 13.0 Å². The van der Waals surface area contributed by atoms with Crippen LogP contribution >= 0.6 is 0 Å². The predicted octanol–water partition coefficient (Wildman–Crippen LogP) is 2.82. The van der Waals surface area contributed by atoms with Crippen molar-refractivity contribution in [2.45, 2.75) is 39.5 Å². The van der Waals surface area contributed by atoms with Gasteiger partial charge in [0.1, 0.15) is 5.52 Å². The van der Waals surface area contributed by atoms with Crippen LogP contribution in [0.25, 0.3) is 16.6 Å². The average molecular weight is 366 g/mol. The van der Waals surface area contributed by atoms with Crippen molar-refractivity contribution in [1.82, 2.24) is 15.0 Å². The fourth-order valence-electron chi connectivity index (χ4n) is 3.21. The third-order valence-corrected chi connectivity index (χ3v) is 4.83. The van der Waals surface area contributed by atoms with Crippen LogP contribution in [0.1, 0.15) is 45.2 Å². The van der Waals surface area contributed by atoms with Gasteiger partial charge >= 0.3 is 0 Å². The van der Waals surface area contributed by atoms with Gasteiger partial charge in [-0.1, -0.05) is 19.1 Å². The van der Waals surface area contributed by atoms with Crippen molar-refractivity contribution in [2.75, 3.05) is 23.7 Å². The highest BCUT2D eigenvalue weighted by Crippen LogP contribution is 2.28. The number of hydrogen-bond acceptors (Lipinski definition) is 6. The molecule has 142 valence electrons. The highest BCUT2D eigenvalue weighted by atomic mass is 16.1. The van der Waals surface area contributed by atoms with Crippen molar-refractivity contribution in [1.29, 1.82) is 0 Å². The Labute approximate surface area is 159 Å². The van der Waals surface area contributed by atoms with Gasteiger partial charge in [0.05, 0.1) is 11.2 Å². The summed E-state index contributed by atoms with van der Waals surface area (Å²) in [5, 5.41) is 0. The number of fused-ring (bicyclic) bond motifs is 1. The molecule has 0 bridgehead atoms. The Balaban J connectivity index is 2.07. The molecule has 0 atom stereocenters. The van der Waals surface area contributed by atoms with E-state index in [1.807, 2.05) is 18.2 Å². The molecule has 0 saturated carbocycles. The molecule has 3 heterocycles. The number of piperidine rings is 1. The zero-order valence-electron chi connectivity index (χ0n) is 15.9. The summed E-state index contributed by atoms with van der Waals surface area (Å²) in [5.41, 5.74) is 15.1. The van der Waals surface area contributed by atoms with E-state index in [4.69, 9.17) is 16.5 Å². The zero-order valence-corrected chi connectivity index (χ0v) is 15.9. The van der Waals surface area contributed by atoms with E-state index in [9.17, 15) is 4.79 Å². The SMILES string of the molecule is CC/C(=C\C=C(/C)C(N)=O)c1ccc2nc(N)nc(N3CCCCC3)c2n1. The van der Waals surface area contributed by atoms with Crippen LogP contribution in [0.3, 0.4) is 0 Å². The molecular formula is C20H26N6O. The Bertz CT molecular complexity index is 912. The molecule has 1 saturated heterocycles. The maximum absolute atomic E-state index is 11.2. The second-order valence-corrected chi connectivity index (χ2v) is 6.78. The molecule has 0 unspecified atom stereocenters. The molecule has 1 aliphatic heterocycles. The number of aromatic nitrogens is 3. The molecule has 0 radical (unpaired) electrons. The number of carbonyl (C=O) groups is 1. The third kappa shape index (κ3) is 4.24. The fraction of sp³-hybridized carbons (Fsp3) is 0.400. The number of allylic oxidation sites excluding steroid dienone is 3. The smallest absolute Gasteiger partial charge is 0.244 e. The Morgan fingerprint density at radius 1 is 1.15 bits per heavy atom. The first-order valence-corrected chi connectivity index (χ1v) is 9.36. The summed E-state index contributed by atoms with van der Waals surface area (Å²) in [6.07, 6.45) is 7.92. The second kappa shape index (κ2) is 8.16. The summed E-state index contributed by atoms with van der Waals surface area (Å²) in [5.74, 6) is 0.645. The predicted molar refractivity (Wildman–Crippen MR) is 109 cm³/mol. The Morgan fingerprint density at radius 2 is 1.89 bits per heavy atom. The van der Waals surface area contributed by atoms with Crippen LogP contribution in [0.4, 0.5) is 11.8 Å². The number of primary amides is 1. The number of nitrogen functional groups attached to an aromatic ring is 1. The number of nitrogens with two attached hydrogens (primary N) is 2. The summed E-state index contributed by atoms with van der Waals surface area (Å²) in [7, 11) is 0. The number of hydrogen-bond donors (Lipinski definition) is 2. The molecule has 1 amide bonds. The first-order chi connectivity index (χ1) is 13.0. The van der Waals surface area contributed by atoms with Gasteiger partial charge in [-0.2, -0.15) is 4.98 Å². The average Bonchev–Trinajstić information content (AvgIpc) is 2.68. The second-order valence-electron chi connectivity index (χ2n) is 6.78. The van der Waals surface area contributed by atoms with Gasteiger partial charge in [0.25, 0.3) is 0 Å². The van der Waals surface area contributed by atoms with Gasteiger partial charge < -0.3 is 16.4 Å². The van der Waals surface area contributed by atoms with E-state index in [1.165, 1.54) is 6.42 Å². The number of rotatable bonds is 5. The molecule has 1 fully saturated rings. The topological polar surface area (TPSA) is 111 Å². The van der Waals surface area contributed by atoms with Crippen LogP contribution in [-0.2, 0) is 4.79 Å². The number of carbonyl (C=O) groups excluding carboxylic acids is 1. The first-order valence-electron chi connectivity index (χ1n) is 9.36. The van der Waals surface area contributed by atoms with E-state index in [0.29, 0.717) is 5.57 Å². The van der Waals surface area contributed by atoms with Crippen LogP contribution in [0.5, 0.6) is 0 Å². The molecule has 0 aromatic carbocycles. The van der Waals surface area contributed by atoms with Crippen LogP contribution in [0, 0.1) is 0 Å². The van der Waals surface area contributed by atoms with Crippen molar-refractivity contribution < 1.29 is 4.79 Å². The highest BCUT2D eigenvalue weighted by Gasteiger charge is 2.18. The molecule has 2 aromatic rings. The van der Waals surface area contributed by atoms with Crippen molar-refractivity contribution in [3.8, 4) is 0 Å². The van der Waals surface area contributed by atoms with Crippen LogP contribution in [0.15, 0.2) is 29.9 Å². The fourth-order valence-corrected chi connectivity index (χ4v) is 3.21. The zero-order chi connectivity index (χ0) is 19.4. The summed E-state index contributed by atoms with van der Waals surface area (Å²) < 4.78 is 0. The number of amides is 1. The molecule has 0 spiro atoms. The lowest BCUT2D eigenvalue weighted by molar-refractivity contribution is -0.114. The van der Waals surface area contributed by atoms with E-state index in [2.05, 4.69) is 21.8 Å². The number of pyridine rings is 1. The molecule has 1 aliphatic rings. The quantitative estimate of drug-likeness (QED) is 0.622. The van der Waals surface area contributed by atoms with Gasteiger partial charge in [-0.15, -0.1) is 0 Å². The lowest BCUT2D eigenvalue weighted by Crippen LogP contribution is -2.30. The molecule has 7 nitrogen and oxygen atoms in total. The van der Waals surface area contributed by atoms with Crippen molar-refractivity contribution in [3.05, 3.63) is 35.6 Å². The van der Waals surface area contributed by atoms with Gasteiger partial charge in [-0.3, -0.25) is 4.79 Å². The number of anilines is 2. The van der Waals surface area contributed by atoms with E-state index in [0.717, 1.165) is 60.5 Å². The molecular weight excluding hydrogens is 340 g/mol. The minimum absolute atomic E-state index is 0.267. The lowest BCUT2D eigenvalue weighted by atomic mass is 10.1. The summed E-state index contributed by atoms with van der Waals surface area (Å²) in [4.78, 5) is 27.2. The van der Waals surface area contributed by atoms with E-state index >= 15 is 0 Å². The van der Waals surface area contributed by atoms with Gasteiger partial charge in [0, 0.05) is 18.7 Å². The lowest BCUT2D eigenvalue weighted by Gasteiger charge is -2.28. The molecule has 4 N–H and O–H groups in total. The monoisotopic (exact) mass is 366 g/mol. The molecule has 2 aromatic heterocycles. The van der Waals surface area contributed by atoms with Crippen molar-refractivity contribution >= 4 is 34.3 Å². The van der Waals surface area contributed by atoms with Crippen molar-refractivity contribution in [3.63, 3.8) is 0 Å². The summed E-state index contributed by atoms with van der Waals surface area (Å²) in [6.45, 7) is 5.66. The minimum Gasteiger partial charge on any atom is -0.368 e. The minimum atomic E-state index is -0.426. The third-order valence-electron chi connectivity index (χ3n) is 4.83. The first kappa shape index (κ1) is 18.8. The van der Waals surface area contributed by atoms with E-state index in [-0.39, 0.29) is 5.95 Å². The van der Waals surface area contributed by atoms with E-state index < -0.39 is 5.91 Å². The Morgan fingerprint density at radius 3 is 2.56 bits per heavy atom. The molecule has 0 aliphatic carbocycles. The Kier molecular flexibility index (Phi) is 5.69. The Hall–Kier alpha value is -2.96. The van der Waals surface area contributed by atoms with Gasteiger partial charge in [-0.25, -0.2) is 9.97 Å². The normalized spacial score (nSPS) is 16.0. The summed E-state index contributed by atoms with van der Waals surface area (Å²) in [6, 6.07) is 3.86. The maximum atomic E-state index is 11.2. The number of nitrogens with zero attached hydrogens (tertiary/aromatic N) is 4. The van der Waals surface area contributed by atoms with Gasteiger partial charge in [0.15, 0.2) is 5.82 Å². The standard InChI is InChI=1S/C20H26N6O/c1-3-14(8-7-13(2)18(21)27)15-9-10-16-17(23-15)19(25-20(22)24-16)26-11-5-4-6-12-26/h7-10H,3-6,11-12H2,1-2H3,(H2,21,27)(H2,22,24,25)/b13-7+,14-8+. The van der Waals surface area contributed by atoms with Crippen LogP contribution in [-0.4, -0.2) is 33.9 Å². The van der Waals surface area contributed by atoms with Gasteiger partial charge in [0.2, 0.25) is 11.9 Å². The van der Waals surface area contributed by atoms with Gasteiger partial charge in [-0.05, 0) is 50.3 Å². The van der Waals surface area contributed by atoms with Crippen LogP contribution in [0.2, 0.25) is 0 Å². The van der Waals surface area contributed by atoms with Crippen LogP contribution < -0.4 is 16.4 Å². The maximum Gasteiger partial charge on any atom is 0.244 e. The highest BCUT2D eigenvalue weighted by molar-refractivity contribution is 5.92. The molecule has 3 rings (SSSR count).